The van der Waals surface area contributed by atoms with Crippen molar-refractivity contribution in [3.8, 4) is 0 Å². The first-order valence-corrected chi connectivity index (χ1v) is 8.79. The SMILES string of the molecule is Nc1nc2c(ncn2[C@@H]2O[C@H](COC3OC[C@@H](O)[C@@H](O)[C@H]3O)[C@@H](O)[C@H]2O)c(=O)[nH]1. The van der Waals surface area contributed by atoms with Crippen molar-refractivity contribution in [2.45, 2.75) is 49.1 Å². The van der Waals surface area contributed by atoms with Gasteiger partial charge in [0.05, 0.1) is 19.5 Å². The highest BCUT2D eigenvalue weighted by Crippen LogP contribution is 2.31. The maximum Gasteiger partial charge on any atom is 0.280 e. The minimum Gasteiger partial charge on any atom is -0.388 e. The summed E-state index contributed by atoms with van der Waals surface area (Å²) >= 11 is 0. The van der Waals surface area contributed by atoms with E-state index in [0.29, 0.717) is 0 Å². The monoisotopic (exact) mass is 415 g/mol. The van der Waals surface area contributed by atoms with Crippen LogP contribution in [0.25, 0.3) is 11.2 Å². The molecule has 0 bridgehead atoms. The summed E-state index contributed by atoms with van der Waals surface area (Å²) in [5, 5.41) is 49.7. The minimum atomic E-state index is -1.51. The van der Waals surface area contributed by atoms with Crippen molar-refractivity contribution in [2.24, 2.45) is 0 Å². The van der Waals surface area contributed by atoms with Crippen molar-refractivity contribution in [1.82, 2.24) is 19.5 Å². The molecule has 2 fully saturated rings. The van der Waals surface area contributed by atoms with Crippen molar-refractivity contribution < 1.29 is 39.7 Å². The second-order valence-electron chi connectivity index (χ2n) is 6.91. The number of nitrogens with zero attached hydrogens (tertiary/aromatic N) is 3. The Kier molecular flexibility index (Phi) is 5.26. The summed E-state index contributed by atoms with van der Waals surface area (Å²) in [5.74, 6) is -0.152. The lowest BCUT2D eigenvalue weighted by atomic mass is 10.1. The molecule has 0 spiro atoms. The molecule has 2 aromatic rings. The zero-order valence-corrected chi connectivity index (χ0v) is 14.9. The van der Waals surface area contributed by atoms with E-state index in [4.69, 9.17) is 19.9 Å². The second kappa shape index (κ2) is 7.58. The average molecular weight is 415 g/mol. The first-order chi connectivity index (χ1) is 13.8. The Balaban J connectivity index is 1.48. The third-order valence-corrected chi connectivity index (χ3v) is 4.94. The molecule has 0 amide bonds. The average Bonchev–Trinajstić information content (AvgIpc) is 3.21. The Bertz CT molecular complexity index is 935. The molecule has 1 unspecified atom stereocenters. The van der Waals surface area contributed by atoms with Crippen LogP contribution in [0.1, 0.15) is 6.23 Å². The number of aromatic nitrogens is 4. The van der Waals surface area contributed by atoms with Crippen LogP contribution < -0.4 is 11.3 Å². The van der Waals surface area contributed by atoms with E-state index in [2.05, 4.69) is 15.0 Å². The standard InChI is InChI=1S/C15H21N5O9/c16-15-18-11-6(12(26)19-15)17-3-20(11)13-9(24)8(23)5(29-13)2-28-14-10(25)7(22)4(21)1-27-14/h3-5,7-10,13-14,21-25H,1-2H2,(H3,16,18,19,26)/t4-,5-,7-,8-,9-,10-,13-,14?/m1/s1. The smallest absolute Gasteiger partial charge is 0.280 e. The molecule has 2 aromatic heterocycles. The van der Waals surface area contributed by atoms with E-state index in [1.807, 2.05) is 0 Å². The van der Waals surface area contributed by atoms with Gasteiger partial charge in [0.1, 0.15) is 36.6 Å². The van der Waals surface area contributed by atoms with E-state index >= 15 is 0 Å². The van der Waals surface area contributed by atoms with Gasteiger partial charge in [-0.15, -0.1) is 0 Å². The molecule has 14 nitrogen and oxygen atoms in total. The van der Waals surface area contributed by atoms with Crippen molar-refractivity contribution in [3.05, 3.63) is 16.7 Å². The summed E-state index contributed by atoms with van der Waals surface area (Å²) in [5.41, 5.74) is 5.03. The molecule has 0 radical (unpaired) electrons. The van der Waals surface area contributed by atoms with Crippen molar-refractivity contribution in [1.29, 1.82) is 0 Å². The van der Waals surface area contributed by atoms with Gasteiger partial charge in [0.15, 0.2) is 23.7 Å². The van der Waals surface area contributed by atoms with Gasteiger partial charge in [-0.3, -0.25) is 14.3 Å². The normalized spacial score (nSPS) is 38.0. The predicted molar refractivity (Wildman–Crippen MR) is 92.2 cm³/mol. The van der Waals surface area contributed by atoms with Crippen LogP contribution in [0.2, 0.25) is 0 Å². The number of nitrogen functional groups attached to an aromatic ring is 1. The van der Waals surface area contributed by atoms with Crippen LogP contribution in [0, 0.1) is 0 Å². The summed E-state index contributed by atoms with van der Waals surface area (Å²) in [6.07, 6.45) is -9.20. The van der Waals surface area contributed by atoms with Crippen LogP contribution in [0.15, 0.2) is 11.1 Å². The van der Waals surface area contributed by atoms with Gasteiger partial charge in [0.25, 0.3) is 5.56 Å². The summed E-state index contributed by atoms with van der Waals surface area (Å²) < 4.78 is 17.4. The fourth-order valence-corrected chi connectivity index (χ4v) is 3.34. The van der Waals surface area contributed by atoms with Gasteiger partial charge in [-0.25, -0.2) is 4.98 Å². The molecule has 0 aromatic carbocycles. The topological polar surface area (TPSA) is 218 Å². The van der Waals surface area contributed by atoms with Gasteiger partial charge in [-0.05, 0) is 0 Å². The molecule has 8 N–H and O–H groups in total. The summed E-state index contributed by atoms with van der Waals surface area (Å²) in [6, 6.07) is 0. The number of aliphatic hydroxyl groups is 5. The molecule has 4 rings (SSSR count). The van der Waals surface area contributed by atoms with Gasteiger partial charge in [-0.1, -0.05) is 0 Å². The summed E-state index contributed by atoms with van der Waals surface area (Å²) in [6.45, 7) is -0.549. The number of hydrogen-bond acceptors (Lipinski definition) is 12. The van der Waals surface area contributed by atoms with Crippen LogP contribution in [0.4, 0.5) is 5.95 Å². The number of ether oxygens (including phenoxy) is 3. The molecule has 4 heterocycles. The Morgan fingerprint density at radius 1 is 1.21 bits per heavy atom. The van der Waals surface area contributed by atoms with E-state index in [1.165, 1.54) is 10.9 Å². The van der Waals surface area contributed by atoms with E-state index in [1.54, 1.807) is 0 Å². The highest BCUT2D eigenvalue weighted by Gasteiger charge is 2.46. The number of anilines is 1. The summed E-state index contributed by atoms with van der Waals surface area (Å²) in [7, 11) is 0. The van der Waals surface area contributed by atoms with Crippen LogP contribution in [-0.2, 0) is 14.2 Å². The van der Waals surface area contributed by atoms with E-state index in [-0.39, 0.29) is 30.3 Å². The number of aliphatic hydroxyl groups excluding tert-OH is 5. The molecule has 29 heavy (non-hydrogen) atoms. The van der Waals surface area contributed by atoms with Crippen molar-refractivity contribution >= 4 is 17.1 Å². The number of imidazole rings is 1. The van der Waals surface area contributed by atoms with Crippen LogP contribution >= 0.6 is 0 Å². The number of hydrogen-bond donors (Lipinski definition) is 7. The van der Waals surface area contributed by atoms with Crippen LogP contribution in [0.5, 0.6) is 0 Å². The van der Waals surface area contributed by atoms with E-state index in [0.717, 1.165) is 0 Å². The van der Waals surface area contributed by atoms with E-state index < -0.39 is 54.7 Å². The quantitative estimate of drug-likeness (QED) is 0.253. The van der Waals surface area contributed by atoms with Crippen LogP contribution in [-0.4, -0.2) is 101 Å². The summed E-state index contributed by atoms with van der Waals surface area (Å²) in [4.78, 5) is 22.1. The number of nitrogens with two attached hydrogens (primary N) is 1. The third-order valence-electron chi connectivity index (χ3n) is 4.94. The number of nitrogens with one attached hydrogen (secondary N) is 1. The Morgan fingerprint density at radius 3 is 2.72 bits per heavy atom. The molecule has 2 aliphatic rings. The Hall–Kier alpha value is -2.17. The molecule has 8 atom stereocenters. The molecule has 2 saturated heterocycles. The molecular weight excluding hydrogens is 394 g/mol. The maximum absolute atomic E-state index is 11.9. The zero-order chi connectivity index (χ0) is 20.9. The second-order valence-corrected chi connectivity index (χ2v) is 6.91. The van der Waals surface area contributed by atoms with Crippen molar-refractivity contribution in [3.63, 3.8) is 0 Å². The van der Waals surface area contributed by atoms with Crippen LogP contribution in [0.3, 0.4) is 0 Å². The number of aromatic amines is 1. The molecule has 0 saturated carbocycles. The number of fused-ring (bicyclic) bond motifs is 1. The van der Waals surface area contributed by atoms with Gasteiger partial charge in [0, 0.05) is 0 Å². The molecular formula is C15H21N5O9. The molecule has 0 aliphatic carbocycles. The van der Waals surface area contributed by atoms with Gasteiger partial charge in [-0.2, -0.15) is 4.98 Å². The molecule has 2 aliphatic heterocycles. The highest BCUT2D eigenvalue weighted by atomic mass is 16.7. The highest BCUT2D eigenvalue weighted by molar-refractivity contribution is 5.70. The third kappa shape index (κ3) is 3.49. The largest absolute Gasteiger partial charge is 0.388 e. The van der Waals surface area contributed by atoms with Gasteiger partial charge in [0.2, 0.25) is 5.95 Å². The minimum absolute atomic E-state index is 0.0181. The van der Waals surface area contributed by atoms with E-state index in [9.17, 15) is 30.3 Å². The Morgan fingerprint density at radius 2 is 1.97 bits per heavy atom. The predicted octanol–water partition coefficient (Wildman–Crippen LogP) is -4.22. The lowest BCUT2D eigenvalue weighted by Gasteiger charge is -2.35. The fraction of sp³-hybridized carbons (Fsp3) is 0.667. The number of H-pyrrole nitrogens is 1. The van der Waals surface area contributed by atoms with Crippen molar-refractivity contribution in [2.75, 3.05) is 18.9 Å². The lowest BCUT2D eigenvalue weighted by molar-refractivity contribution is -0.276. The fourth-order valence-electron chi connectivity index (χ4n) is 3.34. The first-order valence-electron chi connectivity index (χ1n) is 8.79. The Labute approximate surface area is 162 Å². The van der Waals surface area contributed by atoms with Gasteiger partial charge < -0.3 is 45.5 Å². The lowest BCUT2D eigenvalue weighted by Crippen LogP contribution is -2.54. The molecule has 160 valence electrons. The first kappa shape index (κ1) is 20.1. The zero-order valence-electron chi connectivity index (χ0n) is 14.9. The molecule has 14 heteroatoms. The number of rotatable bonds is 4. The van der Waals surface area contributed by atoms with Gasteiger partial charge >= 0.3 is 0 Å². The maximum atomic E-state index is 11.9.